The Bertz CT molecular complexity index is 1300. The number of hydrogen-bond acceptors (Lipinski definition) is 3. The summed E-state index contributed by atoms with van der Waals surface area (Å²) in [6.07, 6.45) is 3.63. The number of nitrogens with zero attached hydrogens (tertiary/aromatic N) is 4. The summed E-state index contributed by atoms with van der Waals surface area (Å²) in [6, 6.07) is 24.3. The van der Waals surface area contributed by atoms with Crippen LogP contribution in [0.2, 0.25) is 0 Å². The Hall–Kier alpha value is -3.84. The first-order valence-corrected chi connectivity index (χ1v) is 12.7. The normalized spacial score (nSPS) is 14.7. The number of urea groups is 1. The fourth-order valence-electron chi connectivity index (χ4n) is 4.95. The summed E-state index contributed by atoms with van der Waals surface area (Å²) in [5.74, 6) is 0.991. The molecular formula is C29H33N5O2. The number of carbonyl (C=O) groups excluding carboxylic acids is 1. The first-order valence-electron chi connectivity index (χ1n) is 12.7. The highest BCUT2D eigenvalue weighted by Gasteiger charge is 2.36. The van der Waals surface area contributed by atoms with Crippen LogP contribution in [0.15, 0.2) is 79.0 Å². The molecule has 0 fully saturated rings. The monoisotopic (exact) mass is 483 g/mol. The highest BCUT2D eigenvalue weighted by atomic mass is 16.5. The Morgan fingerprint density at radius 3 is 2.50 bits per heavy atom. The number of ether oxygens (including phenoxy) is 1. The van der Waals surface area contributed by atoms with E-state index in [-0.39, 0.29) is 12.1 Å². The maximum absolute atomic E-state index is 13.7. The molecule has 7 heteroatoms. The van der Waals surface area contributed by atoms with Crippen molar-refractivity contribution in [2.24, 2.45) is 0 Å². The van der Waals surface area contributed by atoms with Crippen molar-refractivity contribution in [3.05, 3.63) is 102 Å². The van der Waals surface area contributed by atoms with Gasteiger partial charge in [0, 0.05) is 31.5 Å². The third-order valence-electron chi connectivity index (χ3n) is 6.63. The van der Waals surface area contributed by atoms with Gasteiger partial charge in [0.1, 0.15) is 5.82 Å². The number of amides is 2. The van der Waals surface area contributed by atoms with Crippen molar-refractivity contribution < 1.29 is 9.53 Å². The van der Waals surface area contributed by atoms with Gasteiger partial charge in [-0.3, -0.25) is 0 Å². The molecule has 0 saturated heterocycles. The molecule has 1 N–H and O–H groups in total. The van der Waals surface area contributed by atoms with Gasteiger partial charge in [-0.1, -0.05) is 55.5 Å². The van der Waals surface area contributed by atoms with Gasteiger partial charge in [0.15, 0.2) is 0 Å². The summed E-state index contributed by atoms with van der Waals surface area (Å²) in [5.41, 5.74) is 5.17. The number of nitrogens with one attached hydrogen (secondary N) is 1. The molecule has 1 atom stereocenters. The topological polar surface area (TPSA) is 64.3 Å². The van der Waals surface area contributed by atoms with Gasteiger partial charge in [0.2, 0.25) is 0 Å². The quantitative estimate of drug-likeness (QED) is 0.348. The second-order valence-electron chi connectivity index (χ2n) is 8.88. The molecule has 0 spiro atoms. The number of fused-ring (bicyclic) bond motifs is 3. The fourth-order valence-corrected chi connectivity index (χ4v) is 4.95. The predicted molar refractivity (Wildman–Crippen MR) is 141 cm³/mol. The number of benzene rings is 2. The minimum absolute atomic E-state index is 0.0875. The number of rotatable bonds is 8. The van der Waals surface area contributed by atoms with E-state index in [1.54, 1.807) is 0 Å². The lowest BCUT2D eigenvalue weighted by atomic mass is 10.0. The average Bonchev–Trinajstić information content (AvgIpc) is 3.50. The standard InChI is InChI=1S/C29H33N5O2/c1-3-25-24-21-33(29(35)30-18-12-20-36-4-2)27(22-13-7-5-8-14-22)26-17-11-19-32(26)28(24)34(31-25)23-15-9-6-10-16-23/h5-11,13-17,19,27H,3-4,12,18,20-21H2,1-2H3,(H,30,35)/t27-/m0/s1. The smallest absolute Gasteiger partial charge is 0.318 e. The highest BCUT2D eigenvalue weighted by molar-refractivity contribution is 5.76. The van der Waals surface area contributed by atoms with Crippen molar-refractivity contribution >= 4 is 6.03 Å². The van der Waals surface area contributed by atoms with Crippen LogP contribution < -0.4 is 5.32 Å². The Kier molecular flexibility index (Phi) is 7.18. The van der Waals surface area contributed by atoms with Crippen LogP contribution in [-0.2, 0) is 17.7 Å². The van der Waals surface area contributed by atoms with Gasteiger partial charge in [0.25, 0.3) is 0 Å². The third-order valence-corrected chi connectivity index (χ3v) is 6.63. The summed E-state index contributed by atoms with van der Waals surface area (Å²) >= 11 is 0. The van der Waals surface area contributed by atoms with Crippen LogP contribution >= 0.6 is 0 Å². The SMILES string of the molecule is CCOCCCNC(=O)N1Cc2c(CC)nn(-c3ccccc3)c2-n2cccc2[C@@H]1c1ccccc1. The lowest BCUT2D eigenvalue weighted by Crippen LogP contribution is -2.42. The molecule has 0 aliphatic carbocycles. The lowest BCUT2D eigenvalue weighted by Gasteiger charge is -2.31. The fraction of sp³-hybridized carbons (Fsp3) is 0.310. The molecule has 0 saturated carbocycles. The Morgan fingerprint density at radius 2 is 1.78 bits per heavy atom. The van der Waals surface area contributed by atoms with Crippen LogP contribution in [0, 0.1) is 0 Å². The highest BCUT2D eigenvalue weighted by Crippen LogP contribution is 2.38. The Labute approximate surface area is 212 Å². The lowest BCUT2D eigenvalue weighted by molar-refractivity contribution is 0.143. The molecule has 2 aromatic heterocycles. The van der Waals surface area contributed by atoms with Gasteiger partial charge in [-0.05, 0) is 49.6 Å². The molecule has 0 unspecified atom stereocenters. The van der Waals surface area contributed by atoms with Crippen molar-refractivity contribution in [2.75, 3.05) is 19.8 Å². The minimum atomic E-state index is -0.241. The second-order valence-corrected chi connectivity index (χ2v) is 8.88. The molecular weight excluding hydrogens is 450 g/mol. The summed E-state index contributed by atoms with van der Waals surface area (Å²) < 4.78 is 9.67. The number of carbonyl (C=O) groups is 1. The first kappa shape index (κ1) is 23.9. The predicted octanol–water partition coefficient (Wildman–Crippen LogP) is 5.27. The summed E-state index contributed by atoms with van der Waals surface area (Å²) in [6.45, 7) is 6.44. The van der Waals surface area contributed by atoms with Gasteiger partial charge in [0.05, 0.1) is 29.7 Å². The number of hydrogen-bond donors (Lipinski definition) is 1. The Balaban J connectivity index is 1.62. The molecule has 0 radical (unpaired) electrons. The molecule has 2 amide bonds. The van der Waals surface area contributed by atoms with E-state index in [9.17, 15) is 4.79 Å². The summed E-state index contributed by atoms with van der Waals surface area (Å²) in [4.78, 5) is 15.7. The molecule has 0 bridgehead atoms. The van der Waals surface area contributed by atoms with Gasteiger partial charge >= 0.3 is 6.03 Å². The first-order chi connectivity index (χ1) is 17.7. The largest absolute Gasteiger partial charge is 0.382 e. The molecule has 186 valence electrons. The molecule has 5 rings (SSSR count). The molecule has 1 aliphatic heterocycles. The van der Waals surface area contributed by atoms with Crippen molar-refractivity contribution in [2.45, 2.75) is 39.3 Å². The van der Waals surface area contributed by atoms with Crippen LogP contribution in [0.5, 0.6) is 0 Å². The summed E-state index contributed by atoms with van der Waals surface area (Å²) in [7, 11) is 0. The van der Waals surface area contributed by atoms with Gasteiger partial charge < -0.3 is 19.5 Å². The van der Waals surface area contributed by atoms with Crippen LogP contribution in [0.25, 0.3) is 11.5 Å². The third kappa shape index (κ3) is 4.54. The van der Waals surface area contributed by atoms with Crippen LogP contribution in [0.3, 0.4) is 0 Å². The van der Waals surface area contributed by atoms with E-state index >= 15 is 0 Å². The van der Waals surface area contributed by atoms with E-state index in [0.29, 0.717) is 26.3 Å². The van der Waals surface area contributed by atoms with Crippen molar-refractivity contribution in [3.63, 3.8) is 0 Å². The second kappa shape index (κ2) is 10.8. The van der Waals surface area contributed by atoms with E-state index in [1.165, 1.54) is 0 Å². The number of aromatic nitrogens is 3. The molecule has 1 aliphatic rings. The number of aryl methyl sites for hydroxylation is 1. The maximum Gasteiger partial charge on any atom is 0.318 e. The van der Waals surface area contributed by atoms with E-state index in [2.05, 4.69) is 53.3 Å². The molecule has 3 heterocycles. The van der Waals surface area contributed by atoms with Crippen LogP contribution in [-0.4, -0.2) is 45.0 Å². The average molecular weight is 484 g/mol. The van der Waals surface area contributed by atoms with Crippen LogP contribution in [0.1, 0.15) is 48.8 Å². The van der Waals surface area contributed by atoms with Crippen molar-refractivity contribution in [1.82, 2.24) is 24.6 Å². The maximum atomic E-state index is 13.7. The van der Waals surface area contributed by atoms with Crippen LogP contribution in [0.4, 0.5) is 4.79 Å². The van der Waals surface area contributed by atoms with Gasteiger partial charge in [-0.2, -0.15) is 5.10 Å². The molecule has 7 nitrogen and oxygen atoms in total. The number of para-hydroxylation sites is 1. The Morgan fingerprint density at radius 1 is 1.03 bits per heavy atom. The molecule has 2 aromatic carbocycles. The molecule has 36 heavy (non-hydrogen) atoms. The van der Waals surface area contributed by atoms with E-state index in [0.717, 1.165) is 46.9 Å². The van der Waals surface area contributed by atoms with Gasteiger partial charge in [-0.15, -0.1) is 0 Å². The zero-order chi connectivity index (χ0) is 24.9. The molecule has 4 aromatic rings. The van der Waals surface area contributed by atoms with E-state index in [4.69, 9.17) is 9.84 Å². The van der Waals surface area contributed by atoms with E-state index in [1.807, 2.05) is 59.0 Å². The van der Waals surface area contributed by atoms with Gasteiger partial charge in [-0.25, -0.2) is 9.48 Å². The van der Waals surface area contributed by atoms with E-state index < -0.39 is 0 Å². The van der Waals surface area contributed by atoms with Crippen molar-refractivity contribution in [3.8, 4) is 11.5 Å². The summed E-state index contributed by atoms with van der Waals surface area (Å²) in [5, 5.41) is 8.15. The minimum Gasteiger partial charge on any atom is -0.382 e. The zero-order valence-corrected chi connectivity index (χ0v) is 20.9. The zero-order valence-electron chi connectivity index (χ0n) is 20.9. The van der Waals surface area contributed by atoms with Crippen molar-refractivity contribution in [1.29, 1.82) is 0 Å².